The first-order valence-electron chi connectivity index (χ1n) is 8.32. The van der Waals surface area contributed by atoms with Crippen molar-refractivity contribution in [3.8, 4) is 11.5 Å². The topological polar surface area (TPSA) is 44.5 Å². The van der Waals surface area contributed by atoms with Gasteiger partial charge in [0.15, 0.2) is 0 Å². The van der Waals surface area contributed by atoms with Gasteiger partial charge < -0.3 is 15.2 Å². The Morgan fingerprint density at radius 3 is 2.81 bits per heavy atom. The van der Waals surface area contributed by atoms with Crippen molar-refractivity contribution in [2.45, 2.75) is 56.6 Å². The number of hydrogen-bond acceptors (Lipinski definition) is 3. The van der Waals surface area contributed by atoms with Gasteiger partial charge in [-0.15, -0.1) is 0 Å². The lowest BCUT2D eigenvalue weighted by Gasteiger charge is -2.46. The van der Waals surface area contributed by atoms with E-state index in [0.29, 0.717) is 0 Å². The average molecular weight is 287 g/mol. The van der Waals surface area contributed by atoms with E-state index in [1.54, 1.807) is 7.11 Å². The number of fused-ring (bicyclic) bond motifs is 1. The van der Waals surface area contributed by atoms with Gasteiger partial charge >= 0.3 is 0 Å². The van der Waals surface area contributed by atoms with Crippen molar-refractivity contribution < 1.29 is 9.47 Å². The quantitative estimate of drug-likeness (QED) is 0.899. The van der Waals surface area contributed by atoms with Crippen molar-refractivity contribution in [3.05, 3.63) is 23.8 Å². The Morgan fingerprint density at radius 1 is 1.19 bits per heavy atom. The number of methoxy groups -OCH3 is 1. The van der Waals surface area contributed by atoms with E-state index in [1.807, 2.05) is 12.1 Å². The average Bonchev–Trinajstić information content (AvgIpc) is 3.31. The summed E-state index contributed by atoms with van der Waals surface area (Å²) in [5.41, 5.74) is 7.57. The molecule has 0 aromatic heterocycles. The fourth-order valence-corrected chi connectivity index (χ4v) is 4.44. The first-order valence-corrected chi connectivity index (χ1v) is 8.32. The Labute approximate surface area is 126 Å². The highest BCUT2D eigenvalue weighted by Crippen LogP contribution is 2.52. The van der Waals surface area contributed by atoms with E-state index in [2.05, 4.69) is 6.07 Å². The summed E-state index contributed by atoms with van der Waals surface area (Å²) in [6.07, 6.45) is 8.84. The monoisotopic (exact) mass is 287 g/mol. The number of rotatable bonds is 2. The van der Waals surface area contributed by atoms with Crippen molar-refractivity contribution in [2.24, 2.45) is 17.6 Å². The fourth-order valence-electron chi connectivity index (χ4n) is 4.44. The second-order valence-electron chi connectivity index (χ2n) is 7.19. The first kappa shape index (κ1) is 13.4. The van der Waals surface area contributed by atoms with Gasteiger partial charge in [-0.2, -0.15) is 0 Å². The molecule has 0 amide bonds. The van der Waals surface area contributed by atoms with Crippen LogP contribution in [0.3, 0.4) is 0 Å². The molecule has 0 saturated heterocycles. The molecule has 1 aromatic carbocycles. The summed E-state index contributed by atoms with van der Waals surface area (Å²) >= 11 is 0. The molecule has 114 valence electrons. The summed E-state index contributed by atoms with van der Waals surface area (Å²) in [5.74, 6) is 3.63. The Hall–Kier alpha value is -1.22. The van der Waals surface area contributed by atoms with Gasteiger partial charge in [-0.05, 0) is 56.4 Å². The van der Waals surface area contributed by atoms with Gasteiger partial charge in [0.2, 0.25) is 0 Å². The molecule has 1 aromatic rings. The van der Waals surface area contributed by atoms with Crippen LogP contribution < -0.4 is 15.2 Å². The maximum Gasteiger partial charge on any atom is 0.128 e. The molecule has 1 aliphatic heterocycles. The molecule has 0 radical (unpaired) electrons. The zero-order valence-corrected chi connectivity index (χ0v) is 12.8. The van der Waals surface area contributed by atoms with Crippen LogP contribution in [0.25, 0.3) is 0 Å². The Balaban J connectivity index is 1.62. The Kier molecular flexibility index (Phi) is 3.14. The van der Waals surface area contributed by atoms with E-state index < -0.39 is 0 Å². The van der Waals surface area contributed by atoms with E-state index in [4.69, 9.17) is 15.2 Å². The molecular weight excluding hydrogens is 262 g/mol. The predicted octanol–water partition coefficient (Wildman–Crippen LogP) is 3.82. The van der Waals surface area contributed by atoms with Crippen LogP contribution in [-0.2, 0) is 0 Å². The maximum absolute atomic E-state index is 6.52. The van der Waals surface area contributed by atoms with Gasteiger partial charge in [0.1, 0.15) is 17.1 Å². The lowest BCUT2D eigenvalue weighted by Crippen LogP contribution is -2.46. The molecule has 3 heteroatoms. The summed E-state index contributed by atoms with van der Waals surface area (Å²) in [6.45, 7) is 0. The molecule has 1 heterocycles. The predicted molar refractivity (Wildman–Crippen MR) is 82.6 cm³/mol. The van der Waals surface area contributed by atoms with Crippen LogP contribution in [0, 0.1) is 11.8 Å². The zero-order valence-electron chi connectivity index (χ0n) is 12.8. The number of benzene rings is 1. The van der Waals surface area contributed by atoms with Gasteiger partial charge in [-0.25, -0.2) is 0 Å². The summed E-state index contributed by atoms with van der Waals surface area (Å²) in [4.78, 5) is 0. The molecule has 3 atom stereocenters. The van der Waals surface area contributed by atoms with Crippen molar-refractivity contribution in [1.29, 1.82) is 0 Å². The smallest absolute Gasteiger partial charge is 0.128 e. The van der Waals surface area contributed by atoms with Crippen LogP contribution in [0.5, 0.6) is 11.5 Å². The van der Waals surface area contributed by atoms with E-state index in [1.165, 1.54) is 32.1 Å². The number of nitrogens with two attached hydrogens (primary N) is 1. The van der Waals surface area contributed by atoms with Crippen molar-refractivity contribution >= 4 is 0 Å². The Morgan fingerprint density at radius 2 is 2.05 bits per heavy atom. The Bertz CT molecular complexity index is 540. The molecule has 3 nitrogen and oxygen atoms in total. The normalized spacial score (nSPS) is 35.1. The standard InChI is InChI=1S/C18H25NO2/c1-20-14-6-7-15-16(19)11-18(21-17(15)9-14)8-2-3-13(10-18)12-4-5-12/h6-7,9,12-13,16H,2-5,8,10-11,19H2,1H3. The molecule has 2 N–H and O–H groups in total. The summed E-state index contributed by atoms with van der Waals surface area (Å²) in [6, 6.07) is 6.15. The minimum absolute atomic E-state index is 0.0235. The molecule has 3 aliphatic rings. The van der Waals surface area contributed by atoms with Gasteiger partial charge in [0.05, 0.1) is 7.11 Å². The third-order valence-corrected chi connectivity index (χ3v) is 5.67. The van der Waals surface area contributed by atoms with E-state index >= 15 is 0 Å². The molecule has 4 rings (SSSR count). The summed E-state index contributed by atoms with van der Waals surface area (Å²) in [7, 11) is 1.70. The van der Waals surface area contributed by atoms with E-state index in [9.17, 15) is 0 Å². The summed E-state index contributed by atoms with van der Waals surface area (Å²) in [5, 5.41) is 0. The minimum atomic E-state index is -0.0235. The second-order valence-corrected chi connectivity index (χ2v) is 7.19. The maximum atomic E-state index is 6.52. The van der Waals surface area contributed by atoms with E-state index in [0.717, 1.165) is 41.7 Å². The largest absolute Gasteiger partial charge is 0.497 e. The molecule has 2 fully saturated rings. The zero-order chi connectivity index (χ0) is 14.4. The van der Waals surface area contributed by atoms with Crippen LogP contribution in [0.2, 0.25) is 0 Å². The lowest BCUT2D eigenvalue weighted by atomic mass is 9.71. The minimum Gasteiger partial charge on any atom is -0.497 e. The molecule has 21 heavy (non-hydrogen) atoms. The van der Waals surface area contributed by atoms with Crippen molar-refractivity contribution in [1.82, 2.24) is 0 Å². The number of hydrogen-bond donors (Lipinski definition) is 1. The fraction of sp³-hybridized carbons (Fsp3) is 0.667. The highest BCUT2D eigenvalue weighted by Gasteiger charge is 2.46. The van der Waals surface area contributed by atoms with Crippen LogP contribution in [0.4, 0.5) is 0 Å². The molecule has 2 saturated carbocycles. The van der Waals surface area contributed by atoms with Crippen LogP contribution >= 0.6 is 0 Å². The highest BCUT2D eigenvalue weighted by atomic mass is 16.5. The first-order chi connectivity index (χ1) is 10.2. The molecular formula is C18H25NO2. The molecule has 0 bridgehead atoms. The van der Waals surface area contributed by atoms with E-state index in [-0.39, 0.29) is 11.6 Å². The highest BCUT2D eigenvalue weighted by molar-refractivity contribution is 5.44. The van der Waals surface area contributed by atoms with Crippen LogP contribution in [0.1, 0.15) is 56.6 Å². The lowest BCUT2D eigenvalue weighted by molar-refractivity contribution is -0.0208. The third kappa shape index (κ3) is 2.42. The molecule has 2 aliphatic carbocycles. The second kappa shape index (κ2) is 4.91. The van der Waals surface area contributed by atoms with Gasteiger partial charge in [-0.3, -0.25) is 0 Å². The van der Waals surface area contributed by atoms with Crippen molar-refractivity contribution in [2.75, 3.05) is 7.11 Å². The molecule has 3 unspecified atom stereocenters. The van der Waals surface area contributed by atoms with Gasteiger partial charge in [0, 0.05) is 24.1 Å². The number of ether oxygens (including phenoxy) is 2. The molecule has 1 spiro atoms. The SMILES string of the molecule is COc1ccc2c(c1)OC1(CCCC(C3CC3)C1)CC2N. The van der Waals surface area contributed by atoms with Crippen molar-refractivity contribution in [3.63, 3.8) is 0 Å². The third-order valence-electron chi connectivity index (χ3n) is 5.67. The summed E-state index contributed by atoms with van der Waals surface area (Å²) < 4.78 is 11.9. The van der Waals surface area contributed by atoms with Crippen LogP contribution in [0.15, 0.2) is 18.2 Å². The van der Waals surface area contributed by atoms with Gasteiger partial charge in [-0.1, -0.05) is 6.07 Å². The van der Waals surface area contributed by atoms with Crippen LogP contribution in [-0.4, -0.2) is 12.7 Å². The van der Waals surface area contributed by atoms with Gasteiger partial charge in [0.25, 0.3) is 0 Å².